The molecule has 0 saturated carbocycles. The number of ether oxygens (including phenoxy) is 2. The van der Waals surface area contributed by atoms with Gasteiger partial charge in [-0.25, -0.2) is 0 Å². The van der Waals surface area contributed by atoms with E-state index in [1.807, 2.05) is 30.3 Å². The molecule has 1 spiro atoms. The van der Waals surface area contributed by atoms with Gasteiger partial charge in [0, 0.05) is 17.7 Å². The molecule has 1 heterocycles. The Hall–Kier alpha value is -3.89. The number of aryl methyl sites for hydroxylation is 1. The summed E-state index contributed by atoms with van der Waals surface area (Å²) >= 11 is 0. The minimum Gasteiger partial charge on any atom is -0.496 e. The van der Waals surface area contributed by atoms with Crippen LogP contribution in [0.25, 0.3) is 0 Å². The van der Waals surface area contributed by atoms with E-state index in [1.54, 1.807) is 6.07 Å². The van der Waals surface area contributed by atoms with Gasteiger partial charge in [-0.15, -0.1) is 0 Å². The van der Waals surface area contributed by atoms with Gasteiger partial charge in [-0.1, -0.05) is 36.4 Å². The van der Waals surface area contributed by atoms with E-state index in [0.717, 1.165) is 43.7 Å². The maximum absolute atomic E-state index is 13.3. The van der Waals surface area contributed by atoms with Crippen molar-refractivity contribution < 1.29 is 32.2 Å². The number of halogens is 3. The molecule has 3 aromatic rings. The molecule has 41 heavy (non-hydrogen) atoms. The van der Waals surface area contributed by atoms with Crippen LogP contribution in [-0.4, -0.2) is 41.7 Å². The summed E-state index contributed by atoms with van der Waals surface area (Å²) in [6.45, 7) is 5.46. The van der Waals surface area contributed by atoms with Crippen molar-refractivity contribution in [1.82, 2.24) is 15.8 Å². The van der Waals surface area contributed by atoms with Crippen LogP contribution in [0.5, 0.6) is 5.75 Å². The van der Waals surface area contributed by atoms with Gasteiger partial charge in [0.15, 0.2) is 0 Å². The molecule has 1 saturated heterocycles. The molecule has 2 amide bonds. The number of alkyl halides is 3. The molecular formula is C31H32F3N3O4. The molecule has 0 unspecified atom stereocenters. The predicted octanol–water partition coefficient (Wildman–Crippen LogP) is 5.28. The number of methoxy groups -OCH3 is 1. The Kier molecular flexibility index (Phi) is 7.56. The van der Waals surface area contributed by atoms with Crippen molar-refractivity contribution in [2.75, 3.05) is 13.7 Å². The third-order valence-corrected chi connectivity index (χ3v) is 8.00. The molecule has 0 radical (unpaired) electrons. The van der Waals surface area contributed by atoms with Crippen LogP contribution in [-0.2, 0) is 30.3 Å². The number of benzene rings is 3. The topological polar surface area (TPSA) is 79.9 Å². The van der Waals surface area contributed by atoms with Crippen LogP contribution in [0, 0.1) is 0 Å². The lowest BCUT2D eigenvalue weighted by atomic mass is 9.76. The lowest BCUT2D eigenvalue weighted by molar-refractivity contribution is -0.138. The van der Waals surface area contributed by atoms with E-state index in [1.165, 1.54) is 11.6 Å². The first-order valence-electron chi connectivity index (χ1n) is 13.4. The fourth-order valence-corrected chi connectivity index (χ4v) is 5.83. The molecule has 1 aliphatic heterocycles. The monoisotopic (exact) mass is 567 g/mol. The Morgan fingerprint density at radius 1 is 0.951 bits per heavy atom. The molecule has 1 fully saturated rings. The SMILES string of the molecule is COc1ccc(C(=O)NNC(=O)c2ccc3c(c2)C[C@@]2(CC3)COC(C)(C)N2Cc2ccccc2)cc1C(F)(F)F. The Morgan fingerprint density at radius 3 is 2.27 bits per heavy atom. The Labute approximate surface area is 236 Å². The zero-order valence-corrected chi connectivity index (χ0v) is 23.1. The van der Waals surface area contributed by atoms with Crippen molar-refractivity contribution in [3.05, 3.63) is 100 Å². The summed E-state index contributed by atoms with van der Waals surface area (Å²) in [6, 6.07) is 18.6. The van der Waals surface area contributed by atoms with E-state index < -0.39 is 35.0 Å². The Bertz CT molecular complexity index is 1460. The minimum atomic E-state index is -4.71. The molecule has 216 valence electrons. The maximum atomic E-state index is 13.3. The number of carbonyl (C=O) groups is 2. The molecule has 1 atom stereocenters. The minimum absolute atomic E-state index is 0.236. The van der Waals surface area contributed by atoms with E-state index >= 15 is 0 Å². The van der Waals surface area contributed by atoms with Crippen LogP contribution >= 0.6 is 0 Å². The number of nitrogens with one attached hydrogen (secondary N) is 2. The highest BCUT2D eigenvalue weighted by Gasteiger charge is 2.52. The normalized spacial score (nSPS) is 20.0. The molecular weight excluding hydrogens is 535 g/mol. The Morgan fingerprint density at radius 2 is 1.61 bits per heavy atom. The van der Waals surface area contributed by atoms with Gasteiger partial charge in [-0.2, -0.15) is 13.2 Å². The number of amides is 2. The second kappa shape index (κ2) is 10.8. The quantitative estimate of drug-likeness (QED) is 0.410. The highest BCUT2D eigenvalue weighted by Crippen LogP contribution is 2.44. The predicted molar refractivity (Wildman–Crippen MR) is 146 cm³/mol. The van der Waals surface area contributed by atoms with Crippen LogP contribution < -0.4 is 15.6 Å². The van der Waals surface area contributed by atoms with Crippen LogP contribution in [0.2, 0.25) is 0 Å². The van der Waals surface area contributed by atoms with Crippen molar-refractivity contribution in [3.63, 3.8) is 0 Å². The summed E-state index contributed by atoms with van der Waals surface area (Å²) in [7, 11) is 1.12. The molecule has 10 heteroatoms. The summed E-state index contributed by atoms with van der Waals surface area (Å²) in [4.78, 5) is 27.9. The van der Waals surface area contributed by atoms with Crippen molar-refractivity contribution in [3.8, 4) is 5.75 Å². The maximum Gasteiger partial charge on any atom is 0.419 e. The van der Waals surface area contributed by atoms with E-state index in [2.05, 4.69) is 41.7 Å². The Balaban J connectivity index is 1.30. The number of hydrogen-bond acceptors (Lipinski definition) is 5. The summed E-state index contributed by atoms with van der Waals surface area (Å²) in [5.41, 5.74) is 6.19. The van der Waals surface area contributed by atoms with Gasteiger partial charge in [-0.05, 0) is 80.1 Å². The largest absolute Gasteiger partial charge is 0.496 e. The fraction of sp³-hybridized carbons (Fsp3) is 0.355. The summed E-state index contributed by atoms with van der Waals surface area (Å²) in [5.74, 6) is -1.86. The van der Waals surface area contributed by atoms with Crippen molar-refractivity contribution in [2.24, 2.45) is 0 Å². The first-order valence-corrected chi connectivity index (χ1v) is 13.4. The van der Waals surface area contributed by atoms with E-state index in [9.17, 15) is 22.8 Å². The molecule has 0 bridgehead atoms. The standard InChI is InChI=1S/C31H32F3N3O4/c1-29(2)37(18-20-7-5-4-6-8-20)30(19-41-29)14-13-21-9-10-22(15-24(21)17-30)27(38)35-36-28(39)23-11-12-26(40-3)25(16-23)31(32,33)34/h4-12,15-16H,13-14,17-19H2,1-3H3,(H,35,38)(H,36,39)/t30-/m0/s1. The third-order valence-electron chi connectivity index (χ3n) is 8.00. The fourth-order valence-electron chi connectivity index (χ4n) is 5.83. The molecule has 3 aromatic carbocycles. The first kappa shape index (κ1) is 28.6. The highest BCUT2D eigenvalue weighted by atomic mass is 19.4. The lowest BCUT2D eigenvalue weighted by Crippen LogP contribution is -2.54. The number of hydrazine groups is 1. The smallest absolute Gasteiger partial charge is 0.419 e. The second-order valence-electron chi connectivity index (χ2n) is 11.0. The van der Waals surface area contributed by atoms with E-state index in [0.29, 0.717) is 24.7 Å². The van der Waals surface area contributed by atoms with Gasteiger partial charge in [0.25, 0.3) is 11.8 Å². The number of fused-ring (bicyclic) bond motifs is 1. The van der Waals surface area contributed by atoms with Gasteiger partial charge in [0.1, 0.15) is 11.5 Å². The number of carbonyl (C=O) groups excluding carboxylic acids is 2. The van der Waals surface area contributed by atoms with Crippen LogP contribution in [0.15, 0.2) is 66.7 Å². The average Bonchev–Trinajstić information content (AvgIpc) is 3.19. The van der Waals surface area contributed by atoms with E-state index in [4.69, 9.17) is 9.47 Å². The molecule has 0 aromatic heterocycles. The van der Waals surface area contributed by atoms with Gasteiger partial charge in [0.2, 0.25) is 0 Å². The molecule has 7 nitrogen and oxygen atoms in total. The number of nitrogens with zero attached hydrogens (tertiary/aromatic N) is 1. The summed E-state index contributed by atoms with van der Waals surface area (Å²) in [5, 5.41) is 0. The van der Waals surface area contributed by atoms with Crippen LogP contribution in [0.3, 0.4) is 0 Å². The van der Waals surface area contributed by atoms with Crippen LogP contribution in [0.1, 0.15) is 63.2 Å². The van der Waals surface area contributed by atoms with Crippen LogP contribution in [0.4, 0.5) is 13.2 Å². The van der Waals surface area contributed by atoms with Gasteiger partial charge < -0.3 is 9.47 Å². The molecule has 2 N–H and O–H groups in total. The van der Waals surface area contributed by atoms with Crippen molar-refractivity contribution in [2.45, 2.75) is 57.1 Å². The van der Waals surface area contributed by atoms with Gasteiger partial charge in [0.05, 0.1) is 24.8 Å². The second-order valence-corrected chi connectivity index (χ2v) is 11.0. The summed E-state index contributed by atoms with van der Waals surface area (Å²) < 4.78 is 51.1. The average molecular weight is 568 g/mol. The zero-order valence-electron chi connectivity index (χ0n) is 23.1. The lowest BCUT2D eigenvalue weighted by Gasteiger charge is -2.45. The van der Waals surface area contributed by atoms with E-state index in [-0.39, 0.29) is 11.1 Å². The van der Waals surface area contributed by atoms with Gasteiger partial charge in [-0.3, -0.25) is 25.3 Å². The van der Waals surface area contributed by atoms with Crippen molar-refractivity contribution >= 4 is 11.8 Å². The van der Waals surface area contributed by atoms with Crippen molar-refractivity contribution in [1.29, 1.82) is 0 Å². The third kappa shape index (κ3) is 5.80. The summed E-state index contributed by atoms with van der Waals surface area (Å²) in [6.07, 6.45) is -2.27. The molecule has 5 rings (SSSR count). The zero-order chi connectivity index (χ0) is 29.4. The van der Waals surface area contributed by atoms with Gasteiger partial charge >= 0.3 is 6.18 Å². The molecule has 2 aliphatic rings. The first-order chi connectivity index (χ1) is 19.4. The molecule has 1 aliphatic carbocycles. The number of hydrogen-bond donors (Lipinski definition) is 2. The highest BCUT2D eigenvalue weighted by molar-refractivity contribution is 5.99. The number of rotatable bonds is 5.